The van der Waals surface area contributed by atoms with Crippen molar-refractivity contribution in [1.29, 1.82) is 0 Å². The predicted molar refractivity (Wildman–Crippen MR) is 107 cm³/mol. The molecule has 0 unspecified atom stereocenters. The smallest absolute Gasteiger partial charge is 0.255 e. The van der Waals surface area contributed by atoms with Crippen LogP contribution in [0.15, 0.2) is 65.6 Å². The summed E-state index contributed by atoms with van der Waals surface area (Å²) in [7, 11) is 1.46. The third kappa shape index (κ3) is 4.51. The number of methoxy groups -OCH3 is 1. The molecule has 0 aliphatic carbocycles. The molecule has 5 nitrogen and oxygen atoms in total. The number of halogens is 2. The third-order valence-corrected chi connectivity index (χ3v) is 4.49. The van der Waals surface area contributed by atoms with Crippen LogP contribution in [0.4, 0.5) is 5.69 Å². The van der Waals surface area contributed by atoms with E-state index >= 15 is 0 Å². The first kappa shape index (κ1) is 19.0. The van der Waals surface area contributed by atoms with Gasteiger partial charge in [0.05, 0.1) is 23.7 Å². The second-order valence-corrected chi connectivity index (χ2v) is 6.61. The number of carbonyl (C=O) groups is 1. The van der Waals surface area contributed by atoms with E-state index in [0.29, 0.717) is 23.5 Å². The number of hydrogen-bond acceptors (Lipinski definition) is 3. The monoisotopic (exact) mass is 402 g/mol. The highest BCUT2D eigenvalue weighted by molar-refractivity contribution is 6.37. The lowest BCUT2D eigenvalue weighted by Crippen LogP contribution is -2.18. The Kier molecular flexibility index (Phi) is 5.84. The molecule has 0 bridgehead atoms. The van der Waals surface area contributed by atoms with Crippen LogP contribution in [-0.2, 0) is 6.54 Å². The minimum atomic E-state index is -0.339. The summed E-state index contributed by atoms with van der Waals surface area (Å²) in [5, 5.41) is 3.31. The molecule has 1 aromatic heterocycles. The highest BCUT2D eigenvalue weighted by atomic mass is 35.5. The van der Waals surface area contributed by atoms with E-state index in [0.717, 1.165) is 5.56 Å². The predicted octanol–water partition coefficient (Wildman–Crippen LogP) is 4.46. The number of aromatic nitrogens is 1. The van der Waals surface area contributed by atoms with Gasteiger partial charge in [-0.1, -0.05) is 41.4 Å². The van der Waals surface area contributed by atoms with Gasteiger partial charge < -0.3 is 14.6 Å². The molecule has 0 saturated carbocycles. The topological polar surface area (TPSA) is 60.3 Å². The van der Waals surface area contributed by atoms with E-state index in [1.165, 1.54) is 25.3 Å². The number of pyridine rings is 1. The molecule has 1 amide bonds. The molecule has 0 radical (unpaired) electrons. The van der Waals surface area contributed by atoms with Crippen molar-refractivity contribution in [3.05, 3.63) is 92.3 Å². The lowest BCUT2D eigenvalue weighted by Gasteiger charge is -2.10. The van der Waals surface area contributed by atoms with E-state index in [2.05, 4.69) is 5.32 Å². The maximum atomic E-state index is 12.4. The number of carbonyl (C=O) groups excluding carboxylic acids is 1. The van der Waals surface area contributed by atoms with Gasteiger partial charge in [0.15, 0.2) is 5.75 Å². The van der Waals surface area contributed by atoms with Crippen molar-refractivity contribution in [2.75, 3.05) is 12.4 Å². The van der Waals surface area contributed by atoms with Crippen molar-refractivity contribution < 1.29 is 9.53 Å². The Hall–Kier alpha value is -2.76. The fraction of sp³-hybridized carbons (Fsp3) is 0.100. The van der Waals surface area contributed by atoms with Crippen LogP contribution in [0.2, 0.25) is 10.0 Å². The van der Waals surface area contributed by atoms with Crippen molar-refractivity contribution in [3.63, 3.8) is 0 Å². The van der Waals surface area contributed by atoms with Crippen molar-refractivity contribution in [2.24, 2.45) is 0 Å². The summed E-state index contributed by atoms with van der Waals surface area (Å²) < 4.78 is 6.69. The van der Waals surface area contributed by atoms with Crippen LogP contribution in [0.5, 0.6) is 5.75 Å². The first-order valence-electron chi connectivity index (χ1n) is 8.06. The lowest BCUT2D eigenvalue weighted by molar-refractivity contribution is 0.102. The Morgan fingerprint density at radius 3 is 2.33 bits per heavy atom. The number of anilines is 1. The molecule has 0 atom stereocenters. The van der Waals surface area contributed by atoms with E-state index < -0.39 is 0 Å². The molecule has 7 heteroatoms. The van der Waals surface area contributed by atoms with Gasteiger partial charge in [0.2, 0.25) is 0 Å². The van der Waals surface area contributed by atoms with Gasteiger partial charge in [-0.2, -0.15) is 0 Å². The van der Waals surface area contributed by atoms with Crippen LogP contribution in [0.25, 0.3) is 0 Å². The highest BCUT2D eigenvalue weighted by Gasteiger charge is 2.13. The molecule has 0 fully saturated rings. The van der Waals surface area contributed by atoms with E-state index in [1.807, 2.05) is 12.1 Å². The summed E-state index contributed by atoms with van der Waals surface area (Å²) in [5.41, 5.74) is 1.82. The molecule has 2 aromatic carbocycles. The van der Waals surface area contributed by atoms with Crippen LogP contribution in [0.3, 0.4) is 0 Å². The summed E-state index contributed by atoms with van der Waals surface area (Å²) in [6.07, 6.45) is 1.73. The maximum absolute atomic E-state index is 12.4. The molecular formula is C20H16Cl2N2O3. The third-order valence-electron chi connectivity index (χ3n) is 3.93. The van der Waals surface area contributed by atoms with Gasteiger partial charge in [-0.05, 0) is 35.9 Å². The van der Waals surface area contributed by atoms with Crippen LogP contribution >= 0.6 is 23.2 Å². The zero-order chi connectivity index (χ0) is 19.4. The number of hydrogen-bond donors (Lipinski definition) is 1. The van der Waals surface area contributed by atoms with Crippen LogP contribution in [0, 0.1) is 0 Å². The molecule has 3 rings (SSSR count). The van der Waals surface area contributed by atoms with E-state index in [1.54, 1.807) is 35.0 Å². The summed E-state index contributed by atoms with van der Waals surface area (Å²) in [5.74, 6) is -0.0103. The number of amides is 1. The minimum absolute atomic E-state index is 0.0665. The standard InChI is InChI=1S/C20H16Cl2N2O3/c1-27-19-16(21)10-14(11-17(19)22)20(26)23-15-7-5-13(6-8-15)12-24-9-3-2-4-18(24)25/h2-11H,12H2,1H3,(H,23,26). The van der Waals surface area contributed by atoms with Crippen molar-refractivity contribution >= 4 is 34.8 Å². The summed E-state index contributed by atoms with van der Waals surface area (Å²) in [6, 6.07) is 15.3. The maximum Gasteiger partial charge on any atom is 0.255 e. The van der Waals surface area contributed by atoms with Gasteiger partial charge in [-0.25, -0.2) is 0 Å². The van der Waals surface area contributed by atoms with Crippen molar-refractivity contribution in [2.45, 2.75) is 6.54 Å². The van der Waals surface area contributed by atoms with Gasteiger partial charge in [-0.3, -0.25) is 9.59 Å². The van der Waals surface area contributed by atoms with Gasteiger partial charge in [0.25, 0.3) is 11.5 Å². The number of ether oxygens (including phenoxy) is 1. The fourth-order valence-electron chi connectivity index (χ4n) is 2.57. The average Bonchev–Trinajstić information content (AvgIpc) is 2.65. The second-order valence-electron chi connectivity index (χ2n) is 5.79. The molecule has 1 N–H and O–H groups in total. The zero-order valence-corrected chi connectivity index (χ0v) is 15.9. The molecule has 0 aliphatic heterocycles. The van der Waals surface area contributed by atoms with Crippen LogP contribution in [-0.4, -0.2) is 17.6 Å². The fourth-order valence-corrected chi connectivity index (χ4v) is 3.21. The Morgan fingerprint density at radius 2 is 1.74 bits per heavy atom. The van der Waals surface area contributed by atoms with Gasteiger partial charge in [0.1, 0.15) is 0 Å². The average molecular weight is 403 g/mol. The molecule has 1 heterocycles. The molecule has 27 heavy (non-hydrogen) atoms. The molecule has 0 aliphatic rings. The Bertz CT molecular complexity index is 1010. The minimum Gasteiger partial charge on any atom is -0.494 e. The Morgan fingerprint density at radius 1 is 1.07 bits per heavy atom. The normalized spacial score (nSPS) is 10.5. The van der Waals surface area contributed by atoms with Crippen LogP contribution < -0.4 is 15.6 Å². The van der Waals surface area contributed by atoms with Gasteiger partial charge >= 0.3 is 0 Å². The highest BCUT2D eigenvalue weighted by Crippen LogP contribution is 2.34. The summed E-state index contributed by atoms with van der Waals surface area (Å²) >= 11 is 12.2. The molecule has 0 saturated heterocycles. The molecule has 3 aromatic rings. The number of benzene rings is 2. The van der Waals surface area contributed by atoms with Gasteiger partial charge in [0, 0.05) is 23.5 Å². The van der Waals surface area contributed by atoms with Crippen molar-refractivity contribution in [3.8, 4) is 5.75 Å². The number of rotatable bonds is 5. The molecular weight excluding hydrogens is 387 g/mol. The molecule has 0 spiro atoms. The first-order chi connectivity index (χ1) is 13.0. The lowest BCUT2D eigenvalue weighted by atomic mass is 10.1. The second kappa shape index (κ2) is 8.29. The van der Waals surface area contributed by atoms with E-state index in [-0.39, 0.29) is 21.5 Å². The van der Waals surface area contributed by atoms with Crippen molar-refractivity contribution in [1.82, 2.24) is 4.57 Å². The SMILES string of the molecule is COc1c(Cl)cc(C(=O)Nc2ccc(Cn3ccccc3=O)cc2)cc1Cl. The Labute approximate surface area is 166 Å². The van der Waals surface area contributed by atoms with E-state index in [4.69, 9.17) is 27.9 Å². The van der Waals surface area contributed by atoms with E-state index in [9.17, 15) is 9.59 Å². The number of nitrogens with zero attached hydrogens (tertiary/aromatic N) is 1. The summed E-state index contributed by atoms with van der Waals surface area (Å²) in [4.78, 5) is 24.2. The quantitative estimate of drug-likeness (QED) is 0.684. The van der Waals surface area contributed by atoms with Crippen LogP contribution in [0.1, 0.15) is 15.9 Å². The Balaban J connectivity index is 1.72. The number of nitrogens with one attached hydrogen (secondary N) is 1. The molecule has 138 valence electrons. The van der Waals surface area contributed by atoms with Gasteiger partial charge in [-0.15, -0.1) is 0 Å². The first-order valence-corrected chi connectivity index (χ1v) is 8.82. The summed E-state index contributed by atoms with van der Waals surface area (Å²) in [6.45, 7) is 0.456. The largest absolute Gasteiger partial charge is 0.494 e. The zero-order valence-electron chi connectivity index (χ0n) is 14.4.